The van der Waals surface area contributed by atoms with Crippen LogP contribution in [0.15, 0.2) is 83.9 Å². The van der Waals surface area contributed by atoms with Crippen LogP contribution >= 0.6 is 0 Å². The highest BCUT2D eigenvalue weighted by molar-refractivity contribution is 7.73. The summed E-state index contributed by atoms with van der Waals surface area (Å²) in [7, 11) is -1.81. The van der Waals surface area contributed by atoms with Gasteiger partial charge >= 0.3 is 0 Å². The van der Waals surface area contributed by atoms with E-state index >= 15 is 0 Å². The molecule has 0 aliphatic heterocycles. The first kappa shape index (κ1) is 23.3. The molecule has 0 unspecified atom stereocenters. The molecular weight excluding hydrogens is 446 g/mol. The Labute approximate surface area is 201 Å². The average molecular weight is 473 g/mol. The number of benzene rings is 3. The van der Waals surface area contributed by atoms with Gasteiger partial charge in [-0.1, -0.05) is 65.1 Å². The molecule has 4 aromatic rings. The van der Waals surface area contributed by atoms with Gasteiger partial charge in [-0.15, -0.1) is 0 Å². The van der Waals surface area contributed by atoms with Crippen molar-refractivity contribution in [3.8, 4) is 16.9 Å². The number of ether oxygens (including phenoxy) is 1. The van der Waals surface area contributed by atoms with Crippen molar-refractivity contribution in [1.82, 2.24) is 9.97 Å². The van der Waals surface area contributed by atoms with E-state index in [1.54, 1.807) is 24.4 Å². The van der Waals surface area contributed by atoms with E-state index in [1.807, 2.05) is 37.3 Å². The molecule has 4 rings (SSSR count). The Hall–Kier alpha value is -3.91. The third-order valence-electron chi connectivity index (χ3n) is 5.15. The molecule has 1 heterocycles. The predicted molar refractivity (Wildman–Crippen MR) is 136 cm³/mol. The number of anilines is 3. The standard InChI is InChI=1S/C26H26N5O2S/c1-3-33-22-13-11-20(12-14-22)24-17-29-26(30-21-5-4-6-23(15-21)34(27)32)31-25(24)28-16-19-9-7-18(2)8-10-19/h4-15,17,27H,3,16H2,1-2H3,(H2,28,29,30,31)/q-1. The lowest BCUT2D eigenvalue weighted by molar-refractivity contribution is 0.340. The number of nitrogens with one attached hydrogen (secondary N) is 3. The van der Waals surface area contributed by atoms with E-state index in [9.17, 15) is 4.21 Å². The molecule has 0 aliphatic rings. The lowest BCUT2D eigenvalue weighted by Crippen LogP contribution is -2.06. The van der Waals surface area contributed by atoms with Crippen molar-refractivity contribution in [2.24, 2.45) is 0 Å². The molecule has 0 saturated heterocycles. The van der Waals surface area contributed by atoms with Crippen LogP contribution in [0.5, 0.6) is 5.75 Å². The van der Waals surface area contributed by atoms with E-state index in [0.717, 1.165) is 22.4 Å². The van der Waals surface area contributed by atoms with E-state index in [-0.39, 0.29) is 0 Å². The Bertz CT molecular complexity index is 1330. The van der Waals surface area contributed by atoms with Gasteiger partial charge in [-0.05, 0) is 43.2 Å². The highest BCUT2D eigenvalue weighted by atomic mass is 32.2. The van der Waals surface area contributed by atoms with Crippen molar-refractivity contribution < 1.29 is 8.95 Å². The van der Waals surface area contributed by atoms with Crippen LogP contribution in [0.1, 0.15) is 18.1 Å². The molecule has 3 N–H and O–H groups in total. The minimum Gasteiger partial charge on any atom is -0.494 e. The number of hydrogen-bond donors (Lipinski definition) is 3. The second-order valence-electron chi connectivity index (χ2n) is 7.67. The molecule has 34 heavy (non-hydrogen) atoms. The molecule has 0 fully saturated rings. The van der Waals surface area contributed by atoms with Crippen LogP contribution in [0.4, 0.5) is 17.5 Å². The van der Waals surface area contributed by atoms with Gasteiger partial charge in [0.05, 0.1) is 6.61 Å². The normalized spacial score (nSPS) is 10.8. The molecule has 3 aromatic carbocycles. The topological polar surface area (TPSA) is 100.0 Å². The zero-order valence-corrected chi connectivity index (χ0v) is 19.9. The number of rotatable bonds is 9. The zero-order valence-electron chi connectivity index (χ0n) is 19.0. The maximum absolute atomic E-state index is 11.5. The van der Waals surface area contributed by atoms with Gasteiger partial charge in [0.25, 0.3) is 0 Å². The van der Waals surface area contributed by atoms with Crippen LogP contribution in [-0.2, 0) is 21.3 Å². The van der Waals surface area contributed by atoms with Crippen LogP contribution in [0.2, 0.25) is 0 Å². The van der Waals surface area contributed by atoms with Crippen molar-refractivity contribution in [1.29, 1.82) is 4.78 Å². The van der Waals surface area contributed by atoms with Gasteiger partial charge in [0.1, 0.15) is 11.6 Å². The summed E-state index contributed by atoms with van der Waals surface area (Å²) in [5.41, 5.74) is 4.84. The van der Waals surface area contributed by atoms with E-state index in [2.05, 4.69) is 46.8 Å². The number of aromatic nitrogens is 2. The van der Waals surface area contributed by atoms with E-state index in [1.165, 1.54) is 5.56 Å². The molecule has 0 aliphatic carbocycles. The molecule has 0 atom stereocenters. The third kappa shape index (κ3) is 5.90. The van der Waals surface area contributed by atoms with Gasteiger partial charge in [-0.2, -0.15) is 15.6 Å². The zero-order chi connectivity index (χ0) is 23.9. The molecule has 0 saturated carbocycles. The highest BCUT2D eigenvalue weighted by Crippen LogP contribution is 2.29. The van der Waals surface area contributed by atoms with Crippen molar-refractivity contribution in [3.63, 3.8) is 0 Å². The third-order valence-corrected chi connectivity index (χ3v) is 5.83. The fraction of sp³-hybridized carbons (Fsp3) is 0.154. The predicted octanol–water partition coefficient (Wildman–Crippen LogP) is 6.29. The van der Waals surface area contributed by atoms with Crippen molar-refractivity contribution in [2.75, 3.05) is 17.2 Å². The van der Waals surface area contributed by atoms with Gasteiger partial charge in [-0.25, -0.2) is 4.98 Å². The van der Waals surface area contributed by atoms with E-state index in [4.69, 9.17) is 14.5 Å². The molecule has 0 spiro atoms. The number of hydrogen-bond acceptors (Lipinski definition) is 8. The lowest BCUT2D eigenvalue weighted by atomic mass is 10.1. The number of nitrogens with zero attached hydrogens (tertiary/aromatic N) is 2. The van der Waals surface area contributed by atoms with Crippen molar-refractivity contribution in [2.45, 2.75) is 25.3 Å². The highest BCUT2D eigenvalue weighted by Gasteiger charge is 2.11. The van der Waals surface area contributed by atoms with Crippen LogP contribution < -0.4 is 15.4 Å². The summed E-state index contributed by atoms with van der Waals surface area (Å²) < 4.78 is 24.5. The lowest BCUT2D eigenvalue weighted by Gasteiger charge is -2.14. The molecule has 0 radical (unpaired) electrons. The smallest absolute Gasteiger partial charge is 0.229 e. The monoisotopic (exact) mass is 472 g/mol. The first-order valence-corrected chi connectivity index (χ1v) is 12.1. The second kappa shape index (κ2) is 10.8. The summed E-state index contributed by atoms with van der Waals surface area (Å²) in [6.07, 6.45) is 1.77. The SMILES string of the molecule is CCOc1ccc(-c2cnc(Nc3cccc([S-](=N)=O)c3)nc2NCc2ccc(C)cc2)cc1. The summed E-state index contributed by atoms with van der Waals surface area (Å²) in [4.78, 5) is 9.63. The van der Waals surface area contributed by atoms with Crippen molar-refractivity contribution >= 4 is 28.0 Å². The van der Waals surface area contributed by atoms with Crippen LogP contribution in [0.3, 0.4) is 0 Å². The van der Waals surface area contributed by atoms with Gasteiger partial charge in [-0.3, -0.25) is 0 Å². The quantitative estimate of drug-likeness (QED) is 0.248. The minimum absolute atomic E-state index is 0.397. The van der Waals surface area contributed by atoms with Crippen molar-refractivity contribution in [3.05, 3.63) is 90.1 Å². The Morgan fingerprint density at radius 1 is 1.03 bits per heavy atom. The van der Waals surface area contributed by atoms with Gasteiger partial charge < -0.3 is 24.4 Å². The molecule has 174 valence electrons. The summed E-state index contributed by atoms with van der Waals surface area (Å²) in [5, 5.41) is 6.59. The fourth-order valence-corrected chi connectivity index (χ4v) is 3.83. The summed E-state index contributed by atoms with van der Waals surface area (Å²) >= 11 is 0. The second-order valence-corrected chi connectivity index (χ2v) is 8.68. The van der Waals surface area contributed by atoms with E-state index in [0.29, 0.717) is 35.5 Å². The average Bonchev–Trinajstić information content (AvgIpc) is 2.85. The fourth-order valence-electron chi connectivity index (χ4n) is 3.40. The van der Waals surface area contributed by atoms with Crippen LogP contribution in [-0.4, -0.2) is 16.6 Å². The summed E-state index contributed by atoms with van der Waals surface area (Å²) in [6.45, 7) is 5.24. The molecule has 1 aromatic heterocycles. The van der Waals surface area contributed by atoms with Gasteiger partial charge in [0.2, 0.25) is 5.95 Å². The molecule has 0 amide bonds. The molecule has 0 bridgehead atoms. The Morgan fingerprint density at radius 3 is 2.50 bits per heavy atom. The Balaban J connectivity index is 1.64. The maximum Gasteiger partial charge on any atom is 0.229 e. The largest absolute Gasteiger partial charge is 0.494 e. The van der Waals surface area contributed by atoms with Crippen LogP contribution in [0.25, 0.3) is 11.1 Å². The first-order valence-electron chi connectivity index (χ1n) is 10.9. The molecule has 8 heteroatoms. The maximum atomic E-state index is 11.5. The van der Waals surface area contributed by atoms with Gasteiger partial charge in [0, 0.05) is 24.0 Å². The molecule has 7 nitrogen and oxygen atoms in total. The summed E-state index contributed by atoms with van der Waals surface area (Å²) in [6, 6.07) is 23.1. The van der Waals surface area contributed by atoms with Crippen LogP contribution in [0, 0.1) is 11.7 Å². The molecular formula is C26H26N5O2S-. The number of aryl methyl sites for hydroxylation is 1. The van der Waals surface area contributed by atoms with E-state index < -0.39 is 10.6 Å². The van der Waals surface area contributed by atoms with Gasteiger partial charge in [0.15, 0.2) is 0 Å². The summed E-state index contributed by atoms with van der Waals surface area (Å²) in [5.74, 6) is 1.89. The Kier molecular flexibility index (Phi) is 7.39. The minimum atomic E-state index is -1.81. The Morgan fingerprint density at radius 2 is 1.79 bits per heavy atom. The first-order chi connectivity index (χ1) is 16.5.